The van der Waals surface area contributed by atoms with Crippen LogP contribution >= 0.6 is 0 Å². The van der Waals surface area contributed by atoms with Crippen LogP contribution in [0, 0.1) is 0 Å². The molecule has 1 atom stereocenters. The van der Waals surface area contributed by atoms with E-state index in [2.05, 4.69) is 10.6 Å². The predicted octanol–water partition coefficient (Wildman–Crippen LogP) is 0.814. The third-order valence-electron chi connectivity index (χ3n) is 3.82. The summed E-state index contributed by atoms with van der Waals surface area (Å²) in [6.07, 6.45) is 6.53. The molecule has 2 fully saturated rings. The van der Waals surface area contributed by atoms with Crippen LogP contribution in [0.2, 0.25) is 0 Å². The Hall–Kier alpha value is -0.610. The van der Waals surface area contributed by atoms with Gasteiger partial charge in [0, 0.05) is 32.7 Å². The van der Waals surface area contributed by atoms with E-state index in [-0.39, 0.29) is 11.5 Å². The maximum atomic E-state index is 11.1. The van der Waals surface area contributed by atoms with E-state index in [1.165, 1.54) is 19.3 Å². The first-order valence-electron chi connectivity index (χ1n) is 6.32. The first-order chi connectivity index (χ1) is 7.74. The number of carbonyl (C=O) groups is 1. The summed E-state index contributed by atoms with van der Waals surface area (Å²) in [5, 5.41) is 6.11. The molecule has 0 aromatic rings. The number of rotatable bonds is 4. The molecule has 16 heavy (non-hydrogen) atoms. The van der Waals surface area contributed by atoms with Crippen LogP contribution < -0.4 is 10.6 Å². The Morgan fingerprint density at radius 3 is 2.94 bits per heavy atom. The van der Waals surface area contributed by atoms with Gasteiger partial charge in [-0.15, -0.1) is 0 Å². The highest BCUT2D eigenvalue weighted by Gasteiger charge is 2.42. The molecule has 4 nitrogen and oxygen atoms in total. The van der Waals surface area contributed by atoms with Crippen LogP contribution in [0.25, 0.3) is 0 Å². The molecule has 0 radical (unpaired) electrons. The highest BCUT2D eigenvalue weighted by atomic mass is 16.5. The third-order valence-corrected chi connectivity index (χ3v) is 3.82. The zero-order valence-corrected chi connectivity index (χ0v) is 10.1. The quantitative estimate of drug-likeness (QED) is 0.746. The number of carbonyl (C=O) groups excluding carboxylic acids is 1. The van der Waals surface area contributed by atoms with Crippen molar-refractivity contribution in [3.63, 3.8) is 0 Å². The summed E-state index contributed by atoms with van der Waals surface area (Å²) < 4.78 is 5.86. The minimum Gasteiger partial charge on any atom is -0.375 e. The summed E-state index contributed by atoms with van der Waals surface area (Å²) in [4.78, 5) is 11.1. The zero-order valence-electron chi connectivity index (χ0n) is 10.1. The molecule has 0 bridgehead atoms. The van der Waals surface area contributed by atoms with Gasteiger partial charge in [0.25, 0.3) is 0 Å². The summed E-state index contributed by atoms with van der Waals surface area (Å²) in [5.74, 6) is 0.109. The average molecular weight is 226 g/mol. The van der Waals surface area contributed by atoms with E-state index in [1.54, 1.807) is 7.05 Å². The normalized spacial score (nSPS) is 27.4. The molecule has 1 aliphatic carbocycles. The van der Waals surface area contributed by atoms with Crippen molar-refractivity contribution in [1.29, 1.82) is 0 Å². The number of amides is 1. The minimum absolute atomic E-state index is 0.109. The fourth-order valence-corrected chi connectivity index (χ4v) is 2.64. The van der Waals surface area contributed by atoms with E-state index in [9.17, 15) is 4.79 Å². The second-order valence-electron chi connectivity index (χ2n) is 4.95. The Morgan fingerprint density at radius 2 is 2.31 bits per heavy atom. The predicted molar refractivity (Wildman–Crippen MR) is 62.2 cm³/mol. The fourth-order valence-electron chi connectivity index (χ4n) is 2.64. The van der Waals surface area contributed by atoms with Crippen molar-refractivity contribution in [1.82, 2.24) is 10.6 Å². The Kier molecular flexibility index (Phi) is 3.82. The molecule has 1 unspecified atom stereocenters. The number of ether oxygens (including phenoxy) is 1. The Balaban J connectivity index is 1.67. The lowest BCUT2D eigenvalue weighted by atomic mass is 9.74. The summed E-state index contributed by atoms with van der Waals surface area (Å²) in [6, 6.07) is 0.540. The Labute approximate surface area is 97.1 Å². The second kappa shape index (κ2) is 5.15. The molecule has 0 aromatic heterocycles. The SMILES string of the molecule is CNC(=O)CCNC1CCOC2(CCC2)C1. The number of nitrogens with one attached hydrogen (secondary N) is 2. The highest BCUT2D eigenvalue weighted by Crippen LogP contribution is 2.42. The van der Waals surface area contributed by atoms with Crippen LogP contribution in [0.1, 0.15) is 38.5 Å². The highest BCUT2D eigenvalue weighted by molar-refractivity contribution is 5.75. The van der Waals surface area contributed by atoms with Gasteiger partial charge in [-0.05, 0) is 32.1 Å². The smallest absolute Gasteiger partial charge is 0.221 e. The van der Waals surface area contributed by atoms with Crippen LogP contribution in [0.3, 0.4) is 0 Å². The van der Waals surface area contributed by atoms with Gasteiger partial charge in [-0.3, -0.25) is 4.79 Å². The monoisotopic (exact) mass is 226 g/mol. The van der Waals surface area contributed by atoms with Crippen LogP contribution in [0.4, 0.5) is 0 Å². The molecule has 0 aromatic carbocycles. The van der Waals surface area contributed by atoms with Gasteiger partial charge >= 0.3 is 0 Å². The van der Waals surface area contributed by atoms with Gasteiger partial charge in [-0.1, -0.05) is 0 Å². The first kappa shape index (κ1) is 11.9. The number of hydrogen-bond acceptors (Lipinski definition) is 3. The van der Waals surface area contributed by atoms with Crippen LogP contribution in [0.5, 0.6) is 0 Å². The van der Waals surface area contributed by atoms with E-state index in [1.807, 2.05) is 0 Å². The first-order valence-corrected chi connectivity index (χ1v) is 6.32. The minimum atomic E-state index is 0.109. The van der Waals surface area contributed by atoms with Gasteiger partial charge in [0.1, 0.15) is 0 Å². The molecule has 4 heteroatoms. The van der Waals surface area contributed by atoms with Crippen LogP contribution in [0.15, 0.2) is 0 Å². The molecule has 1 spiro atoms. The molecule has 1 aliphatic heterocycles. The van der Waals surface area contributed by atoms with Gasteiger partial charge in [-0.25, -0.2) is 0 Å². The largest absolute Gasteiger partial charge is 0.375 e. The molecule has 2 aliphatic rings. The maximum Gasteiger partial charge on any atom is 0.221 e. The molecule has 1 amide bonds. The van der Waals surface area contributed by atoms with Crippen molar-refractivity contribution in [3.8, 4) is 0 Å². The van der Waals surface area contributed by atoms with Crippen LogP contribution in [-0.4, -0.2) is 37.7 Å². The van der Waals surface area contributed by atoms with Gasteiger partial charge in [-0.2, -0.15) is 0 Å². The molecule has 1 heterocycles. The summed E-state index contributed by atoms with van der Waals surface area (Å²) in [7, 11) is 1.68. The van der Waals surface area contributed by atoms with Gasteiger partial charge < -0.3 is 15.4 Å². The van der Waals surface area contributed by atoms with Crippen molar-refractivity contribution >= 4 is 5.91 Å². The topological polar surface area (TPSA) is 50.4 Å². The maximum absolute atomic E-state index is 11.1. The van der Waals surface area contributed by atoms with Gasteiger partial charge in [0.05, 0.1) is 5.60 Å². The average Bonchev–Trinajstić information content (AvgIpc) is 2.27. The van der Waals surface area contributed by atoms with Crippen molar-refractivity contribution in [2.75, 3.05) is 20.2 Å². The standard InChI is InChI=1S/C12H22N2O2/c1-13-11(15)3-7-14-10-4-8-16-12(9-10)5-2-6-12/h10,14H,2-9H2,1H3,(H,13,15). The van der Waals surface area contributed by atoms with Gasteiger partial charge in [0.15, 0.2) is 0 Å². The number of hydrogen-bond donors (Lipinski definition) is 2. The van der Waals surface area contributed by atoms with E-state index < -0.39 is 0 Å². The van der Waals surface area contributed by atoms with Crippen LogP contribution in [-0.2, 0) is 9.53 Å². The molecule has 2 N–H and O–H groups in total. The zero-order chi connectivity index (χ0) is 11.4. The molecular formula is C12H22N2O2. The Bertz CT molecular complexity index is 251. The lowest BCUT2D eigenvalue weighted by molar-refractivity contribution is -0.135. The molecule has 1 saturated heterocycles. The van der Waals surface area contributed by atoms with E-state index in [4.69, 9.17) is 4.74 Å². The Morgan fingerprint density at radius 1 is 1.50 bits per heavy atom. The fraction of sp³-hybridized carbons (Fsp3) is 0.917. The summed E-state index contributed by atoms with van der Waals surface area (Å²) in [5.41, 5.74) is 0.197. The van der Waals surface area contributed by atoms with E-state index in [0.717, 1.165) is 26.0 Å². The molecule has 2 rings (SSSR count). The third kappa shape index (κ3) is 2.74. The van der Waals surface area contributed by atoms with Crippen molar-refractivity contribution in [2.45, 2.75) is 50.2 Å². The van der Waals surface area contributed by atoms with Crippen molar-refractivity contribution in [3.05, 3.63) is 0 Å². The molecule has 1 saturated carbocycles. The van der Waals surface area contributed by atoms with E-state index in [0.29, 0.717) is 12.5 Å². The molecular weight excluding hydrogens is 204 g/mol. The van der Waals surface area contributed by atoms with Crippen molar-refractivity contribution in [2.24, 2.45) is 0 Å². The lowest BCUT2D eigenvalue weighted by Gasteiger charge is -2.47. The van der Waals surface area contributed by atoms with E-state index >= 15 is 0 Å². The summed E-state index contributed by atoms with van der Waals surface area (Å²) in [6.45, 7) is 1.65. The van der Waals surface area contributed by atoms with Crippen molar-refractivity contribution < 1.29 is 9.53 Å². The van der Waals surface area contributed by atoms with Gasteiger partial charge in [0.2, 0.25) is 5.91 Å². The molecule has 92 valence electrons. The summed E-state index contributed by atoms with van der Waals surface area (Å²) >= 11 is 0. The second-order valence-corrected chi connectivity index (χ2v) is 4.95. The lowest BCUT2D eigenvalue weighted by Crippen LogP contribution is -2.51.